The summed E-state index contributed by atoms with van der Waals surface area (Å²) >= 11 is 6.12. The third-order valence-corrected chi connectivity index (χ3v) is 3.77. The number of benzene rings is 2. The van der Waals surface area contributed by atoms with Crippen LogP contribution in [-0.4, -0.2) is 12.9 Å². The van der Waals surface area contributed by atoms with Crippen molar-refractivity contribution in [2.45, 2.75) is 6.92 Å². The van der Waals surface area contributed by atoms with E-state index in [9.17, 15) is 4.79 Å². The van der Waals surface area contributed by atoms with E-state index in [1.165, 1.54) is 7.11 Å². The number of aryl methyl sites for hydroxylation is 1. The molecule has 106 valence electrons. The molecule has 0 aliphatic rings. The van der Waals surface area contributed by atoms with Crippen LogP contribution in [-0.2, 0) is 0 Å². The van der Waals surface area contributed by atoms with E-state index in [-0.39, 0.29) is 5.78 Å². The maximum atomic E-state index is 12.7. The molecule has 0 radical (unpaired) electrons. The molecular formula is C17H13ClO3. The molecule has 0 unspecified atom stereocenters. The molecule has 4 heteroatoms. The summed E-state index contributed by atoms with van der Waals surface area (Å²) in [5.41, 5.74) is 1.79. The highest BCUT2D eigenvalue weighted by Crippen LogP contribution is 2.33. The second-order valence-corrected chi connectivity index (χ2v) is 5.11. The molecule has 3 nitrogen and oxygen atoms in total. The fourth-order valence-electron chi connectivity index (χ4n) is 2.38. The molecule has 0 aliphatic carbocycles. The lowest BCUT2D eigenvalue weighted by atomic mass is 10.0. The van der Waals surface area contributed by atoms with Gasteiger partial charge in [-0.25, -0.2) is 0 Å². The minimum absolute atomic E-state index is 0.211. The van der Waals surface area contributed by atoms with E-state index in [4.69, 9.17) is 20.8 Å². The maximum absolute atomic E-state index is 12.7. The Morgan fingerprint density at radius 1 is 1.14 bits per heavy atom. The third kappa shape index (κ3) is 2.20. The fourth-order valence-corrected chi connectivity index (χ4v) is 2.59. The first-order valence-electron chi connectivity index (χ1n) is 6.49. The summed E-state index contributed by atoms with van der Waals surface area (Å²) in [5.74, 6) is 0.605. The van der Waals surface area contributed by atoms with Crippen LogP contribution in [0.5, 0.6) is 5.75 Å². The summed E-state index contributed by atoms with van der Waals surface area (Å²) in [7, 11) is 1.54. The topological polar surface area (TPSA) is 39.4 Å². The van der Waals surface area contributed by atoms with Crippen LogP contribution in [0.3, 0.4) is 0 Å². The molecule has 21 heavy (non-hydrogen) atoms. The first kappa shape index (κ1) is 13.7. The zero-order valence-corrected chi connectivity index (χ0v) is 12.4. The minimum atomic E-state index is -0.211. The molecule has 0 atom stereocenters. The van der Waals surface area contributed by atoms with E-state index in [1.807, 2.05) is 25.1 Å². The standard InChI is InChI=1S/C17H13ClO3/c1-10-11-7-5-8-13(18)17(11)21-16(10)15(19)12-6-3-4-9-14(12)20-2/h3-9H,1-2H3. The van der Waals surface area contributed by atoms with E-state index in [0.29, 0.717) is 27.7 Å². The molecule has 2 aromatic carbocycles. The van der Waals surface area contributed by atoms with Gasteiger partial charge in [-0.15, -0.1) is 0 Å². The van der Waals surface area contributed by atoms with Crippen molar-refractivity contribution in [2.75, 3.05) is 7.11 Å². The predicted molar refractivity (Wildman–Crippen MR) is 82.4 cm³/mol. The predicted octanol–water partition coefficient (Wildman–Crippen LogP) is 4.63. The van der Waals surface area contributed by atoms with Gasteiger partial charge < -0.3 is 9.15 Å². The van der Waals surface area contributed by atoms with Crippen molar-refractivity contribution in [1.29, 1.82) is 0 Å². The van der Waals surface area contributed by atoms with Crippen molar-refractivity contribution >= 4 is 28.4 Å². The number of fused-ring (bicyclic) bond motifs is 1. The fraction of sp³-hybridized carbons (Fsp3) is 0.118. The lowest BCUT2D eigenvalue weighted by molar-refractivity contribution is 0.101. The largest absolute Gasteiger partial charge is 0.496 e. The summed E-state index contributed by atoms with van der Waals surface area (Å²) in [5, 5.41) is 1.34. The Balaban J connectivity index is 2.18. The lowest BCUT2D eigenvalue weighted by Crippen LogP contribution is -2.04. The Bertz CT molecular complexity index is 833. The van der Waals surface area contributed by atoms with E-state index in [0.717, 1.165) is 10.9 Å². The van der Waals surface area contributed by atoms with Gasteiger partial charge in [0.05, 0.1) is 17.7 Å². The number of methoxy groups -OCH3 is 1. The number of para-hydroxylation sites is 2. The highest BCUT2D eigenvalue weighted by atomic mass is 35.5. The molecule has 0 saturated carbocycles. The highest BCUT2D eigenvalue weighted by molar-refractivity contribution is 6.35. The van der Waals surface area contributed by atoms with Gasteiger partial charge in [0, 0.05) is 10.9 Å². The third-order valence-electron chi connectivity index (χ3n) is 3.47. The summed E-state index contributed by atoms with van der Waals surface area (Å²) in [6.07, 6.45) is 0. The van der Waals surface area contributed by atoms with Gasteiger partial charge in [-0.1, -0.05) is 35.9 Å². The molecule has 0 bridgehead atoms. The number of furan rings is 1. The zero-order chi connectivity index (χ0) is 15.0. The van der Waals surface area contributed by atoms with Crippen molar-refractivity contribution in [3.05, 3.63) is 64.4 Å². The van der Waals surface area contributed by atoms with Crippen LogP contribution in [0.2, 0.25) is 5.02 Å². The molecular weight excluding hydrogens is 288 g/mol. The molecule has 0 fully saturated rings. The van der Waals surface area contributed by atoms with Crippen LogP contribution >= 0.6 is 11.6 Å². The molecule has 0 amide bonds. The normalized spacial score (nSPS) is 10.8. The van der Waals surface area contributed by atoms with Gasteiger partial charge >= 0.3 is 0 Å². The quantitative estimate of drug-likeness (QED) is 0.662. The summed E-state index contributed by atoms with van der Waals surface area (Å²) in [6, 6.07) is 12.5. The number of ether oxygens (including phenoxy) is 1. The Kier molecular flexibility index (Phi) is 3.43. The molecule has 0 spiro atoms. The molecule has 3 aromatic rings. The average Bonchev–Trinajstić information content (AvgIpc) is 2.85. The summed E-state index contributed by atoms with van der Waals surface area (Å²) in [4.78, 5) is 12.7. The number of rotatable bonds is 3. The van der Waals surface area contributed by atoms with Crippen molar-refractivity contribution in [1.82, 2.24) is 0 Å². The maximum Gasteiger partial charge on any atom is 0.232 e. The Hall–Kier alpha value is -2.26. The SMILES string of the molecule is COc1ccccc1C(=O)c1oc2c(Cl)cccc2c1C. The van der Waals surface area contributed by atoms with Crippen molar-refractivity contribution in [3.8, 4) is 5.75 Å². The van der Waals surface area contributed by atoms with Gasteiger partial charge in [-0.2, -0.15) is 0 Å². The van der Waals surface area contributed by atoms with Gasteiger partial charge in [0.15, 0.2) is 11.3 Å². The molecule has 0 aliphatic heterocycles. The average molecular weight is 301 g/mol. The van der Waals surface area contributed by atoms with Crippen LogP contribution in [0.1, 0.15) is 21.7 Å². The number of carbonyl (C=O) groups excluding carboxylic acids is 1. The van der Waals surface area contributed by atoms with Crippen LogP contribution in [0, 0.1) is 6.92 Å². The number of halogens is 1. The van der Waals surface area contributed by atoms with Crippen molar-refractivity contribution in [3.63, 3.8) is 0 Å². The minimum Gasteiger partial charge on any atom is -0.496 e. The first-order valence-corrected chi connectivity index (χ1v) is 6.86. The number of carbonyl (C=O) groups is 1. The lowest BCUT2D eigenvalue weighted by Gasteiger charge is -2.05. The Morgan fingerprint density at radius 2 is 1.90 bits per heavy atom. The molecule has 1 aromatic heterocycles. The second-order valence-electron chi connectivity index (χ2n) is 4.70. The van der Waals surface area contributed by atoms with Crippen LogP contribution in [0.15, 0.2) is 46.9 Å². The smallest absolute Gasteiger partial charge is 0.232 e. The van der Waals surface area contributed by atoms with E-state index < -0.39 is 0 Å². The van der Waals surface area contributed by atoms with E-state index in [2.05, 4.69) is 0 Å². The zero-order valence-electron chi connectivity index (χ0n) is 11.6. The Morgan fingerprint density at radius 3 is 2.62 bits per heavy atom. The number of hydrogen-bond acceptors (Lipinski definition) is 3. The summed E-state index contributed by atoms with van der Waals surface area (Å²) in [6.45, 7) is 1.85. The van der Waals surface area contributed by atoms with E-state index in [1.54, 1.807) is 24.3 Å². The van der Waals surface area contributed by atoms with Crippen LogP contribution in [0.25, 0.3) is 11.0 Å². The van der Waals surface area contributed by atoms with Crippen molar-refractivity contribution < 1.29 is 13.9 Å². The van der Waals surface area contributed by atoms with Crippen LogP contribution in [0.4, 0.5) is 0 Å². The Labute approximate surface area is 127 Å². The monoisotopic (exact) mass is 300 g/mol. The van der Waals surface area contributed by atoms with E-state index >= 15 is 0 Å². The van der Waals surface area contributed by atoms with Gasteiger partial charge in [0.25, 0.3) is 0 Å². The highest BCUT2D eigenvalue weighted by Gasteiger charge is 2.22. The van der Waals surface area contributed by atoms with Crippen molar-refractivity contribution in [2.24, 2.45) is 0 Å². The van der Waals surface area contributed by atoms with Crippen LogP contribution < -0.4 is 4.74 Å². The number of ketones is 1. The first-order chi connectivity index (χ1) is 10.1. The number of hydrogen-bond donors (Lipinski definition) is 0. The molecule has 0 saturated heterocycles. The molecule has 3 rings (SSSR count). The second kappa shape index (κ2) is 5.26. The van der Waals surface area contributed by atoms with Gasteiger partial charge in [0.2, 0.25) is 5.78 Å². The summed E-state index contributed by atoms with van der Waals surface area (Å²) < 4.78 is 10.9. The van der Waals surface area contributed by atoms with Gasteiger partial charge in [-0.05, 0) is 25.1 Å². The molecule has 0 N–H and O–H groups in total. The van der Waals surface area contributed by atoms with Gasteiger partial charge in [-0.3, -0.25) is 4.79 Å². The van der Waals surface area contributed by atoms with Gasteiger partial charge in [0.1, 0.15) is 5.75 Å². The molecule has 1 heterocycles.